The highest BCUT2D eigenvalue weighted by Crippen LogP contribution is 2.25. The maximum atomic E-state index is 12.0. The summed E-state index contributed by atoms with van der Waals surface area (Å²) in [7, 11) is -1.43. The van der Waals surface area contributed by atoms with E-state index in [0.29, 0.717) is 5.89 Å². The van der Waals surface area contributed by atoms with Gasteiger partial charge in [0.05, 0.1) is 11.8 Å². The minimum Gasteiger partial charge on any atom is -0.338 e. The highest BCUT2D eigenvalue weighted by Gasteiger charge is 2.31. The number of likely N-dealkylation sites (tertiary alicyclic amines) is 1. The molecule has 0 aromatic carbocycles. The summed E-state index contributed by atoms with van der Waals surface area (Å²) in [5.74, 6) is 1.53. The van der Waals surface area contributed by atoms with Gasteiger partial charge in [0.25, 0.3) is 0 Å². The van der Waals surface area contributed by atoms with Crippen molar-refractivity contribution in [1.29, 1.82) is 0 Å². The number of aromatic nitrogens is 2. The lowest BCUT2D eigenvalue weighted by Crippen LogP contribution is -2.46. The molecule has 1 fully saturated rings. The summed E-state index contributed by atoms with van der Waals surface area (Å²) in [6.07, 6.45) is 2.42. The Hall–Kier alpha value is -0.990. The van der Waals surface area contributed by atoms with E-state index < -0.39 is 10.0 Å². The number of hydrogen-bond acceptors (Lipinski definition) is 6. The molecular formula is C14H26N4O3S. The Morgan fingerprint density at radius 2 is 2.00 bits per heavy atom. The zero-order chi connectivity index (χ0) is 16.3. The van der Waals surface area contributed by atoms with Crippen molar-refractivity contribution in [3.63, 3.8) is 0 Å². The first-order chi connectivity index (χ1) is 10.4. The third kappa shape index (κ3) is 3.67. The predicted molar refractivity (Wildman–Crippen MR) is 83.9 cm³/mol. The second-order valence-electron chi connectivity index (χ2n) is 5.76. The van der Waals surface area contributed by atoms with Crippen LogP contribution in [0.2, 0.25) is 0 Å². The Labute approximate surface area is 132 Å². The quantitative estimate of drug-likeness (QED) is 0.785. The molecule has 0 unspecified atom stereocenters. The second kappa shape index (κ2) is 7.06. The molecular weight excluding hydrogens is 304 g/mol. The maximum Gasteiger partial charge on any atom is 0.243 e. The number of aryl methyl sites for hydroxylation is 1. The first kappa shape index (κ1) is 17.4. The van der Waals surface area contributed by atoms with E-state index in [1.54, 1.807) is 14.0 Å². The highest BCUT2D eigenvalue weighted by molar-refractivity contribution is 7.89. The van der Waals surface area contributed by atoms with E-state index in [-0.39, 0.29) is 17.8 Å². The Morgan fingerprint density at radius 3 is 2.50 bits per heavy atom. The van der Waals surface area contributed by atoms with Gasteiger partial charge in [0.15, 0.2) is 5.82 Å². The Bertz CT molecular complexity index is 579. The van der Waals surface area contributed by atoms with Crippen molar-refractivity contribution in [2.75, 3.05) is 25.9 Å². The third-order valence-corrected chi connectivity index (χ3v) is 6.43. The molecule has 0 N–H and O–H groups in total. The lowest BCUT2D eigenvalue weighted by atomic mass is 10.0. The molecule has 1 aromatic rings. The van der Waals surface area contributed by atoms with Crippen molar-refractivity contribution in [2.45, 2.75) is 52.1 Å². The molecule has 7 nitrogen and oxygen atoms in total. The highest BCUT2D eigenvalue weighted by atomic mass is 32.2. The van der Waals surface area contributed by atoms with E-state index in [4.69, 9.17) is 4.52 Å². The molecule has 8 heteroatoms. The molecule has 0 amide bonds. The van der Waals surface area contributed by atoms with E-state index in [9.17, 15) is 8.42 Å². The van der Waals surface area contributed by atoms with Crippen LogP contribution in [-0.2, 0) is 16.4 Å². The van der Waals surface area contributed by atoms with Crippen LogP contribution in [0.25, 0.3) is 0 Å². The summed E-state index contributed by atoms with van der Waals surface area (Å²) in [5.41, 5.74) is 0. The van der Waals surface area contributed by atoms with Crippen molar-refractivity contribution in [2.24, 2.45) is 0 Å². The fraction of sp³-hybridized carbons (Fsp3) is 0.857. The lowest BCUT2D eigenvalue weighted by molar-refractivity contribution is 0.114. The maximum absolute atomic E-state index is 12.0. The van der Waals surface area contributed by atoms with Crippen LogP contribution >= 0.6 is 0 Å². The van der Waals surface area contributed by atoms with Crippen molar-refractivity contribution >= 4 is 10.0 Å². The van der Waals surface area contributed by atoms with E-state index in [0.717, 1.165) is 38.2 Å². The molecule has 0 bridgehead atoms. The van der Waals surface area contributed by atoms with Gasteiger partial charge in [-0.05, 0) is 26.7 Å². The molecule has 22 heavy (non-hydrogen) atoms. The van der Waals surface area contributed by atoms with Crippen LogP contribution in [0.3, 0.4) is 0 Å². The van der Waals surface area contributed by atoms with Gasteiger partial charge < -0.3 is 4.52 Å². The van der Waals surface area contributed by atoms with Gasteiger partial charge in [-0.1, -0.05) is 12.1 Å². The molecule has 1 aliphatic rings. The first-order valence-electron chi connectivity index (χ1n) is 7.91. The van der Waals surface area contributed by atoms with Gasteiger partial charge in [0, 0.05) is 32.6 Å². The molecule has 2 heterocycles. The first-order valence-corrected chi connectivity index (χ1v) is 9.52. The number of sulfonamides is 1. The number of rotatable bonds is 6. The summed E-state index contributed by atoms with van der Waals surface area (Å²) in [5, 5.41) is 3.94. The standard InChI is InChI=1S/C14H26N4O3S/c1-5-13-15-14(21-16-13)11(3)18-9-7-12(8-10-18)17(4)22(19,20)6-2/h11-12H,5-10H2,1-4H3/t11-/m0/s1. The van der Waals surface area contributed by atoms with E-state index >= 15 is 0 Å². The monoisotopic (exact) mass is 330 g/mol. The summed E-state index contributed by atoms with van der Waals surface area (Å²) in [4.78, 5) is 6.66. The normalized spacial score (nSPS) is 19.7. The van der Waals surface area contributed by atoms with Gasteiger partial charge in [-0.25, -0.2) is 12.7 Å². The number of hydrogen-bond donors (Lipinski definition) is 0. The zero-order valence-corrected chi connectivity index (χ0v) is 14.6. The van der Waals surface area contributed by atoms with Crippen LogP contribution in [0.4, 0.5) is 0 Å². The van der Waals surface area contributed by atoms with Gasteiger partial charge >= 0.3 is 0 Å². The summed E-state index contributed by atoms with van der Waals surface area (Å²) >= 11 is 0. The summed E-state index contributed by atoms with van der Waals surface area (Å²) in [6.45, 7) is 7.40. The smallest absolute Gasteiger partial charge is 0.243 e. The molecule has 0 saturated carbocycles. The van der Waals surface area contributed by atoms with Crippen molar-refractivity contribution in [3.8, 4) is 0 Å². The van der Waals surface area contributed by atoms with Crippen molar-refractivity contribution in [3.05, 3.63) is 11.7 Å². The van der Waals surface area contributed by atoms with Crippen LogP contribution in [-0.4, -0.2) is 59.7 Å². The van der Waals surface area contributed by atoms with Crippen molar-refractivity contribution in [1.82, 2.24) is 19.3 Å². The Kier molecular flexibility index (Phi) is 5.57. The van der Waals surface area contributed by atoms with Gasteiger partial charge in [-0.2, -0.15) is 4.98 Å². The average molecular weight is 330 g/mol. The molecule has 0 aliphatic carbocycles. The second-order valence-corrected chi connectivity index (χ2v) is 8.08. The Morgan fingerprint density at radius 1 is 1.36 bits per heavy atom. The van der Waals surface area contributed by atoms with Crippen LogP contribution in [0.15, 0.2) is 4.52 Å². The van der Waals surface area contributed by atoms with Gasteiger partial charge in [0.1, 0.15) is 0 Å². The fourth-order valence-corrected chi connectivity index (χ4v) is 3.88. The number of piperidine rings is 1. The zero-order valence-electron chi connectivity index (χ0n) is 13.8. The summed E-state index contributed by atoms with van der Waals surface area (Å²) < 4.78 is 30.7. The molecule has 0 spiro atoms. The van der Waals surface area contributed by atoms with Crippen LogP contribution in [0, 0.1) is 0 Å². The van der Waals surface area contributed by atoms with E-state index in [2.05, 4.69) is 22.0 Å². The van der Waals surface area contributed by atoms with Crippen LogP contribution in [0.5, 0.6) is 0 Å². The lowest BCUT2D eigenvalue weighted by Gasteiger charge is -2.37. The molecule has 126 valence electrons. The van der Waals surface area contributed by atoms with E-state index in [1.165, 1.54) is 4.31 Å². The SMILES string of the molecule is CCc1noc([C@H](C)N2CCC(N(C)S(=O)(=O)CC)CC2)n1. The number of nitrogens with zero attached hydrogens (tertiary/aromatic N) is 4. The average Bonchev–Trinajstić information content (AvgIpc) is 3.02. The minimum atomic E-state index is -3.11. The van der Waals surface area contributed by atoms with Crippen LogP contribution in [0.1, 0.15) is 51.4 Å². The van der Waals surface area contributed by atoms with Gasteiger partial charge in [-0.3, -0.25) is 4.90 Å². The van der Waals surface area contributed by atoms with E-state index in [1.807, 2.05) is 6.92 Å². The van der Waals surface area contributed by atoms with Crippen molar-refractivity contribution < 1.29 is 12.9 Å². The Balaban J connectivity index is 1.94. The predicted octanol–water partition coefficient (Wildman–Crippen LogP) is 1.44. The molecule has 1 saturated heterocycles. The topological polar surface area (TPSA) is 79.5 Å². The van der Waals surface area contributed by atoms with Gasteiger partial charge in [0.2, 0.25) is 15.9 Å². The molecule has 0 radical (unpaired) electrons. The third-order valence-electron chi connectivity index (χ3n) is 4.52. The largest absolute Gasteiger partial charge is 0.338 e. The van der Waals surface area contributed by atoms with Gasteiger partial charge in [-0.15, -0.1) is 0 Å². The molecule has 1 aromatic heterocycles. The summed E-state index contributed by atoms with van der Waals surface area (Å²) in [6, 6.07) is 0.157. The fourth-order valence-electron chi connectivity index (χ4n) is 2.80. The molecule has 1 atom stereocenters. The molecule has 2 rings (SSSR count). The minimum absolute atomic E-state index is 0.0711. The molecule has 1 aliphatic heterocycles. The van der Waals surface area contributed by atoms with Crippen LogP contribution < -0.4 is 0 Å².